The summed E-state index contributed by atoms with van der Waals surface area (Å²) in [5, 5.41) is 11.4. The number of likely N-dealkylation sites (tertiary alicyclic amines) is 2. The highest BCUT2D eigenvalue weighted by Crippen LogP contribution is 2.84. The summed E-state index contributed by atoms with van der Waals surface area (Å²) in [6, 6.07) is 0.618. The lowest BCUT2D eigenvalue weighted by atomic mass is 9.41. The number of carbonyl (C=O) groups is 2. The number of hydrogen-bond acceptors (Lipinski definition) is 5. The lowest BCUT2D eigenvalue weighted by Crippen LogP contribution is -2.65. The van der Waals surface area contributed by atoms with Gasteiger partial charge in [-0.15, -0.1) is 0 Å². The van der Waals surface area contributed by atoms with Gasteiger partial charge in [-0.25, -0.2) is 0 Å². The predicted octanol–water partition coefficient (Wildman–Crippen LogP) is 5.41. The van der Waals surface area contributed by atoms with Crippen LogP contribution in [0.5, 0.6) is 0 Å². The summed E-state index contributed by atoms with van der Waals surface area (Å²) in [5.74, 6) is 0.668. The van der Waals surface area contributed by atoms with Crippen molar-refractivity contribution < 1.29 is 19.4 Å². The van der Waals surface area contributed by atoms with Gasteiger partial charge >= 0.3 is 5.97 Å². The molecule has 1 N–H and O–H groups in total. The molecule has 3 aliphatic heterocycles. The van der Waals surface area contributed by atoms with Crippen LogP contribution in [0.4, 0.5) is 0 Å². The number of carbonyl (C=O) groups excluding carboxylic acids is 1. The Kier molecular flexibility index (Phi) is 6.83. The molecule has 3 saturated heterocycles. The van der Waals surface area contributed by atoms with Gasteiger partial charge in [0.2, 0.25) is 0 Å². The molecule has 7 unspecified atom stereocenters. The number of carboxylic acid groups (broad SMARTS) is 1. The Balaban J connectivity index is 1.20. The van der Waals surface area contributed by atoms with E-state index < -0.39 is 22.2 Å². The maximum absolute atomic E-state index is 13.8. The van der Waals surface area contributed by atoms with Crippen molar-refractivity contribution in [2.75, 3.05) is 32.7 Å². The highest BCUT2D eigenvalue weighted by molar-refractivity contribution is 5.90. The molecule has 3 heterocycles. The Bertz CT molecular complexity index is 1050. The normalized spacial score (nSPS) is 48.6. The Morgan fingerprint density at radius 1 is 1.05 bits per heavy atom. The van der Waals surface area contributed by atoms with Crippen LogP contribution in [0.2, 0.25) is 0 Å². The maximum atomic E-state index is 13.8. The second kappa shape index (κ2) is 9.91. The molecule has 222 valence electrons. The predicted molar refractivity (Wildman–Crippen MR) is 155 cm³/mol. The summed E-state index contributed by atoms with van der Waals surface area (Å²) in [5.41, 5.74) is -1.37. The van der Waals surface area contributed by atoms with Crippen molar-refractivity contribution >= 4 is 12.3 Å². The third kappa shape index (κ3) is 3.51. The van der Waals surface area contributed by atoms with Crippen LogP contribution < -0.4 is 0 Å². The number of piperidine rings is 1. The zero-order chi connectivity index (χ0) is 27.9. The number of rotatable bonds is 8. The molecule has 0 amide bonds. The molecule has 0 radical (unpaired) electrons. The standard InChI is InChI=1S/C34H52N2O4/c1-22(2)29-16-24-17-32(21-37)28-11-9-23(3)27(28)18-33(24,34(29,32)31(38)39)30-12-10-26(40-30)20-36-15-5-4-8-25(36)19-35-13-6-7-14-35/h16,21-28,30H,4-15,17-20H2,1-3H3,(H,38,39)/t23-,24?,25?,26?,27-,28-,30?,32?,33?,34?/m1/s1. The first-order chi connectivity index (χ1) is 19.3. The highest BCUT2D eigenvalue weighted by atomic mass is 16.5. The van der Waals surface area contributed by atoms with Gasteiger partial charge in [-0.05, 0) is 107 Å². The average molecular weight is 553 g/mol. The van der Waals surface area contributed by atoms with Gasteiger partial charge in [0.1, 0.15) is 11.7 Å². The van der Waals surface area contributed by atoms with E-state index in [4.69, 9.17) is 4.74 Å². The number of nitrogens with zero attached hydrogens (tertiary/aromatic N) is 2. The van der Waals surface area contributed by atoms with Crippen LogP contribution in [0.3, 0.4) is 0 Å². The largest absolute Gasteiger partial charge is 0.481 e. The quantitative estimate of drug-likeness (QED) is 0.321. The van der Waals surface area contributed by atoms with Crippen molar-refractivity contribution in [1.82, 2.24) is 9.80 Å². The molecule has 6 heteroatoms. The van der Waals surface area contributed by atoms with Gasteiger partial charge in [-0.1, -0.05) is 45.3 Å². The first-order valence-electron chi connectivity index (χ1n) is 16.8. The molecular weight excluding hydrogens is 500 g/mol. The smallest absolute Gasteiger partial charge is 0.315 e. The number of aldehydes is 1. The molecule has 10 atom stereocenters. The lowest BCUT2D eigenvalue weighted by Gasteiger charge is -2.60. The summed E-state index contributed by atoms with van der Waals surface area (Å²) in [4.78, 5) is 32.6. The molecule has 6 nitrogen and oxygen atoms in total. The van der Waals surface area contributed by atoms with Gasteiger partial charge in [-0.3, -0.25) is 9.69 Å². The van der Waals surface area contributed by atoms with Crippen LogP contribution in [0, 0.1) is 45.8 Å². The number of carboxylic acids is 1. The topological polar surface area (TPSA) is 70.1 Å². The second-order valence-corrected chi connectivity index (χ2v) is 15.3. The monoisotopic (exact) mass is 552 g/mol. The van der Waals surface area contributed by atoms with Gasteiger partial charge in [-0.2, -0.15) is 0 Å². The van der Waals surface area contributed by atoms with Gasteiger partial charge in [0, 0.05) is 24.5 Å². The summed E-state index contributed by atoms with van der Waals surface area (Å²) >= 11 is 0. The minimum atomic E-state index is -1.12. The van der Waals surface area contributed by atoms with Crippen LogP contribution in [0.15, 0.2) is 11.6 Å². The molecule has 0 aromatic rings. The first kappa shape index (κ1) is 27.6. The number of aliphatic carboxylic acids is 1. The summed E-state index contributed by atoms with van der Waals surface area (Å²) < 4.78 is 7.13. The van der Waals surface area contributed by atoms with E-state index in [1.165, 1.54) is 51.7 Å². The van der Waals surface area contributed by atoms with Crippen LogP contribution in [0.1, 0.15) is 91.4 Å². The van der Waals surface area contributed by atoms with Crippen molar-refractivity contribution in [1.29, 1.82) is 0 Å². The molecule has 0 spiro atoms. The molecule has 7 aliphatic rings. The van der Waals surface area contributed by atoms with E-state index in [0.29, 0.717) is 24.3 Å². The van der Waals surface area contributed by atoms with Crippen molar-refractivity contribution in [2.24, 2.45) is 45.8 Å². The Hall–Kier alpha value is -1.24. The van der Waals surface area contributed by atoms with E-state index in [-0.39, 0.29) is 30.0 Å². The minimum Gasteiger partial charge on any atom is -0.481 e. The Labute approximate surface area is 241 Å². The van der Waals surface area contributed by atoms with Crippen LogP contribution in [0.25, 0.3) is 0 Å². The van der Waals surface area contributed by atoms with Gasteiger partial charge in [0.05, 0.1) is 17.6 Å². The SMILES string of the molecule is CC(C)C1=CC2CC3(C=O)[C@@H]4CC[C@@H](C)[C@H]4CC2(C2CCC(CN4CCCCC4CN4CCCC4)O2)C13C(=O)O. The van der Waals surface area contributed by atoms with Gasteiger partial charge in [0.25, 0.3) is 0 Å². The summed E-state index contributed by atoms with van der Waals surface area (Å²) in [7, 11) is 0. The van der Waals surface area contributed by atoms with E-state index in [9.17, 15) is 14.7 Å². The Morgan fingerprint density at radius 2 is 1.82 bits per heavy atom. The van der Waals surface area contributed by atoms with E-state index in [0.717, 1.165) is 57.1 Å². The van der Waals surface area contributed by atoms with Crippen molar-refractivity contribution in [2.45, 2.75) is 110 Å². The third-order valence-electron chi connectivity index (χ3n) is 13.5. The lowest BCUT2D eigenvalue weighted by molar-refractivity contribution is -0.197. The molecule has 6 fully saturated rings. The molecule has 4 bridgehead atoms. The van der Waals surface area contributed by atoms with Crippen molar-refractivity contribution in [3.8, 4) is 0 Å². The second-order valence-electron chi connectivity index (χ2n) is 15.3. The summed E-state index contributed by atoms with van der Waals surface area (Å²) in [6.45, 7) is 12.4. The molecule has 7 rings (SSSR count). The maximum Gasteiger partial charge on any atom is 0.315 e. The fourth-order valence-electron chi connectivity index (χ4n) is 12.1. The van der Waals surface area contributed by atoms with Crippen LogP contribution >= 0.6 is 0 Å². The number of fused-ring (bicyclic) bond motifs is 2. The number of allylic oxidation sites excluding steroid dienone is 1. The molecule has 40 heavy (non-hydrogen) atoms. The molecular formula is C34H52N2O4. The number of ether oxygens (including phenoxy) is 1. The van der Waals surface area contributed by atoms with Crippen LogP contribution in [-0.4, -0.2) is 78.1 Å². The van der Waals surface area contributed by atoms with E-state index in [1.807, 2.05) is 0 Å². The fraction of sp³-hybridized carbons (Fsp3) is 0.882. The summed E-state index contributed by atoms with van der Waals surface area (Å²) in [6.07, 6.45) is 15.8. The average Bonchev–Trinajstić information content (AvgIpc) is 3.75. The van der Waals surface area contributed by atoms with Gasteiger partial charge in [0.15, 0.2) is 0 Å². The van der Waals surface area contributed by atoms with Gasteiger partial charge < -0.3 is 19.5 Å². The zero-order valence-electron chi connectivity index (χ0n) is 25.2. The van der Waals surface area contributed by atoms with Crippen LogP contribution in [-0.2, 0) is 14.3 Å². The minimum absolute atomic E-state index is 0.0801. The van der Waals surface area contributed by atoms with Crippen molar-refractivity contribution in [3.05, 3.63) is 11.6 Å². The molecule has 4 aliphatic carbocycles. The highest BCUT2D eigenvalue weighted by Gasteiger charge is 2.86. The molecule has 3 saturated carbocycles. The Morgan fingerprint density at radius 3 is 2.55 bits per heavy atom. The van der Waals surface area contributed by atoms with E-state index in [2.05, 4.69) is 36.6 Å². The van der Waals surface area contributed by atoms with E-state index in [1.54, 1.807) is 0 Å². The van der Waals surface area contributed by atoms with E-state index >= 15 is 0 Å². The third-order valence-corrected chi connectivity index (χ3v) is 13.5. The fourth-order valence-corrected chi connectivity index (χ4v) is 12.1. The zero-order valence-corrected chi connectivity index (χ0v) is 25.2. The molecule has 0 aromatic heterocycles. The number of hydrogen-bond donors (Lipinski definition) is 1. The first-order valence-corrected chi connectivity index (χ1v) is 16.8. The van der Waals surface area contributed by atoms with Crippen molar-refractivity contribution in [3.63, 3.8) is 0 Å². The molecule has 0 aromatic carbocycles.